The number of nitrogens with zero attached hydrogens (tertiary/aromatic N) is 4. The first-order valence-corrected chi connectivity index (χ1v) is 8.16. The van der Waals surface area contributed by atoms with Crippen LogP contribution in [0.3, 0.4) is 0 Å². The van der Waals surface area contributed by atoms with Crippen molar-refractivity contribution in [2.45, 2.75) is 32.1 Å². The number of hydrogen-bond donors (Lipinski definition) is 0. The monoisotopic (exact) mass is 354 g/mol. The van der Waals surface area contributed by atoms with E-state index >= 15 is 0 Å². The molecule has 0 saturated carbocycles. The van der Waals surface area contributed by atoms with Crippen molar-refractivity contribution in [2.24, 2.45) is 5.92 Å². The summed E-state index contributed by atoms with van der Waals surface area (Å²) in [6.07, 6.45) is -0.0369. The number of methoxy groups -OCH3 is 1. The lowest BCUT2D eigenvalue weighted by Crippen LogP contribution is -2.31. The van der Waals surface area contributed by atoms with Crippen LogP contribution in [-0.4, -0.2) is 40.1 Å². The Morgan fingerprint density at radius 3 is 2.80 bits per heavy atom. The van der Waals surface area contributed by atoms with Gasteiger partial charge in [-0.15, -0.1) is 0 Å². The highest BCUT2D eigenvalue weighted by Gasteiger charge is 2.35. The van der Waals surface area contributed by atoms with Crippen LogP contribution < -0.4 is 4.74 Å². The first kappa shape index (κ1) is 17.7. The summed E-state index contributed by atoms with van der Waals surface area (Å²) < 4.78 is 45.0. The van der Waals surface area contributed by atoms with Gasteiger partial charge >= 0.3 is 6.18 Å². The van der Waals surface area contributed by atoms with Crippen LogP contribution in [0.2, 0.25) is 0 Å². The first-order valence-electron chi connectivity index (χ1n) is 8.16. The maximum atomic E-state index is 12.8. The quantitative estimate of drug-likeness (QED) is 0.828. The van der Waals surface area contributed by atoms with Gasteiger partial charge in [-0.3, -0.25) is 0 Å². The molecule has 0 fully saturated rings. The zero-order valence-corrected chi connectivity index (χ0v) is 14.3. The number of alkyl halides is 3. The van der Waals surface area contributed by atoms with Crippen LogP contribution in [0.5, 0.6) is 5.88 Å². The van der Waals surface area contributed by atoms with Crippen molar-refractivity contribution in [3.63, 3.8) is 0 Å². The largest absolute Gasteiger partial charge is 0.481 e. The van der Waals surface area contributed by atoms with Crippen LogP contribution in [0.1, 0.15) is 23.5 Å². The lowest BCUT2D eigenvalue weighted by molar-refractivity contribution is -0.141. The van der Waals surface area contributed by atoms with Crippen LogP contribution >= 0.6 is 0 Å². The fourth-order valence-corrected chi connectivity index (χ4v) is 3.24. The normalized spacial score (nSPS) is 17.6. The molecule has 0 spiro atoms. The zero-order chi connectivity index (χ0) is 18.0. The van der Waals surface area contributed by atoms with Gasteiger partial charge in [0.1, 0.15) is 5.82 Å². The topological polar surface area (TPSA) is 43.2 Å². The fraction of sp³-hybridized carbons (Fsp3) is 0.529. The predicted octanol–water partition coefficient (Wildman–Crippen LogP) is 3.00. The number of imidazole rings is 1. The Hall–Kier alpha value is -2.09. The third-order valence-electron chi connectivity index (χ3n) is 4.41. The minimum absolute atomic E-state index is 0.305. The molecule has 5 nitrogen and oxygen atoms in total. The van der Waals surface area contributed by atoms with Crippen LogP contribution in [0, 0.1) is 5.92 Å². The smallest absolute Gasteiger partial charge is 0.434 e. The van der Waals surface area contributed by atoms with Gasteiger partial charge < -0.3 is 14.2 Å². The second-order valence-electron chi connectivity index (χ2n) is 6.50. The van der Waals surface area contributed by atoms with E-state index in [4.69, 9.17) is 4.74 Å². The van der Waals surface area contributed by atoms with Crippen molar-refractivity contribution in [1.82, 2.24) is 19.4 Å². The summed E-state index contributed by atoms with van der Waals surface area (Å²) >= 11 is 0. The number of aryl methyl sites for hydroxylation is 1. The second-order valence-corrected chi connectivity index (χ2v) is 6.50. The van der Waals surface area contributed by atoms with Crippen molar-refractivity contribution < 1.29 is 17.9 Å². The second kappa shape index (κ2) is 7.03. The molecular weight excluding hydrogens is 333 g/mol. The van der Waals surface area contributed by atoms with Gasteiger partial charge in [0.2, 0.25) is 5.88 Å². The van der Waals surface area contributed by atoms with E-state index in [1.165, 1.54) is 0 Å². The Morgan fingerprint density at radius 1 is 1.36 bits per heavy atom. The number of rotatable bonds is 5. The molecule has 2 aromatic rings. The SMILES string of the molecule is COc1ccc(CN(C)C[C@@H]2CCc3nc(C(F)(F)F)cn3C2)cn1. The van der Waals surface area contributed by atoms with Gasteiger partial charge in [-0.2, -0.15) is 13.2 Å². The minimum atomic E-state index is -4.38. The molecule has 25 heavy (non-hydrogen) atoms. The van der Waals surface area contributed by atoms with Crippen LogP contribution in [0.4, 0.5) is 13.2 Å². The Bertz CT molecular complexity index is 712. The molecule has 0 unspecified atom stereocenters. The highest BCUT2D eigenvalue weighted by Crippen LogP contribution is 2.30. The molecule has 1 atom stereocenters. The highest BCUT2D eigenvalue weighted by atomic mass is 19.4. The van der Waals surface area contributed by atoms with Crippen molar-refractivity contribution in [2.75, 3.05) is 20.7 Å². The number of aromatic nitrogens is 3. The molecule has 0 aliphatic carbocycles. The van der Waals surface area contributed by atoms with Gasteiger partial charge in [-0.25, -0.2) is 9.97 Å². The summed E-state index contributed by atoms with van der Waals surface area (Å²) in [5.41, 5.74) is 0.280. The number of halogens is 3. The van der Waals surface area contributed by atoms with Gasteiger partial charge in [0.25, 0.3) is 0 Å². The third-order valence-corrected chi connectivity index (χ3v) is 4.41. The maximum absolute atomic E-state index is 12.8. The molecule has 0 amide bonds. The van der Waals surface area contributed by atoms with Crippen molar-refractivity contribution >= 4 is 0 Å². The van der Waals surface area contributed by atoms with E-state index in [2.05, 4.69) is 14.9 Å². The zero-order valence-electron chi connectivity index (χ0n) is 14.3. The van der Waals surface area contributed by atoms with E-state index in [0.29, 0.717) is 30.6 Å². The number of pyridine rings is 1. The molecule has 1 aliphatic rings. The molecule has 0 radical (unpaired) electrons. The molecule has 2 aromatic heterocycles. The van der Waals surface area contributed by atoms with Crippen LogP contribution in [-0.2, 0) is 25.7 Å². The van der Waals surface area contributed by atoms with Crippen LogP contribution in [0.25, 0.3) is 0 Å². The van der Waals surface area contributed by atoms with Gasteiger partial charge in [0.15, 0.2) is 5.69 Å². The number of fused-ring (bicyclic) bond motifs is 1. The Balaban J connectivity index is 1.57. The first-order chi connectivity index (χ1) is 11.8. The van der Waals surface area contributed by atoms with Crippen LogP contribution in [0.15, 0.2) is 24.5 Å². The molecule has 0 N–H and O–H groups in total. The van der Waals surface area contributed by atoms with Gasteiger partial charge in [-0.1, -0.05) is 6.07 Å². The molecule has 0 bridgehead atoms. The van der Waals surface area contributed by atoms with Gasteiger partial charge in [0, 0.05) is 44.5 Å². The molecule has 1 aliphatic heterocycles. The average Bonchev–Trinajstić information content (AvgIpc) is 2.99. The predicted molar refractivity (Wildman–Crippen MR) is 86.2 cm³/mol. The number of hydrogen-bond acceptors (Lipinski definition) is 4. The summed E-state index contributed by atoms with van der Waals surface area (Å²) in [6.45, 7) is 2.12. The summed E-state index contributed by atoms with van der Waals surface area (Å²) in [5, 5.41) is 0. The van der Waals surface area contributed by atoms with E-state index in [9.17, 15) is 13.2 Å². The van der Waals surface area contributed by atoms with Crippen molar-refractivity contribution in [1.29, 1.82) is 0 Å². The molecule has 0 aromatic carbocycles. The molecule has 136 valence electrons. The summed E-state index contributed by atoms with van der Waals surface area (Å²) in [7, 11) is 3.58. The van der Waals surface area contributed by atoms with E-state index in [1.54, 1.807) is 17.9 Å². The summed E-state index contributed by atoms with van der Waals surface area (Å²) in [6, 6.07) is 3.78. The van der Waals surface area contributed by atoms with Gasteiger partial charge in [0.05, 0.1) is 7.11 Å². The van der Waals surface area contributed by atoms with E-state index in [-0.39, 0.29) is 0 Å². The molecule has 3 rings (SSSR count). The van der Waals surface area contributed by atoms with Gasteiger partial charge in [-0.05, 0) is 24.9 Å². The van der Waals surface area contributed by atoms with E-state index in [1.807, 2.05) is 19.2 Å². The maximum Gasteiger partial charge on any atom is 0.434 e. The standard InChI is InChI=1S/C17H21F3N4O/c1-23(8-12-4-6-16(25-2)21-7-12)9-13-3-5-15-22-14(17(18,19)20)11-24(15)10-13/h4,6-7,11,13H,3,5,8-10H2,1-2H3/t13-/m0/s1. The van der Waals surface area contributed by atoms with Crippen molar-refractivity contribution in [3.8, 4) is 5.88 Å². The Morgan fingerprint density at radius 2 is 2.16 bits per heavy atom. The minimum Gasteiger partial charge on any atom is -0.481 e. The molecular formula is C17H21F3N4O. The summed E-state index contributed by atoms with van der Waals surface area (Å²) in [5.74, 6) is 1.41. The Kier molecular flexibility index (Phi) is 4.99. The lowest BCUT2D eigenvalue weighted by atomic mass is 9.99. The molecule has 0 saturated heterocycles. The van der Waals surface area contributed by atoms with E-state index in [0.717, 1.165) is 31.3 Å². The Labute approximate surface area is 144 Å². The number of ether oxygens (including phenoxy) is 1. The fourth-order valence-electron chi connectivity index (χ4n) is 3.24. The summed E-state index contributed by atoms with van der Waals surface area (Å²) in [4.78, 5) is 10.1. The van der Waals surface area contributed by atoms with E-state index < -0.39 is 11.9 Å². The van der Waals surface area contributed by atoms with Crippen molar-refractivity contribution in [3.05, 3.63) is 41.6 Å². The highest BCUT2D eigenvalue weighted by molar-refractivity contribution is 5.17. The molecule has 3 heterocycles. The lowest BCUT2D eigenvalue weighted by Gasteiger charge is -2.28. The third kappa shape index (κ3) is 4.31. The molecule has 8 heteroatoms. The average molecular weight is 354 g/mol.